The van der Waals surface area contributed by atoms with Crippen LogP contribution in [0, 0.1) is 12.8 Å². The van der Waals surface area contributed by atoms with Gasteiger partial charge in [0.25, 0.3) is 0 Å². The van der Waals surface area contributed by atoms with E-state index >= 15 is 0 Å². The number of hydrogen-bond acceptors (Lipinski definition) is 6. The maximum Gasteiger partial charge on any atom is 0.308 e. The zero-order valence-electron chi connectivity index (χ0n) is 16.6. The topological polar surface area (TPSA) is 93.9 Å². The molecular formula is C17H31IN6O3. The highest BCUT2D eigenvalue weighted by molar-refractivity contribution is 14.0. The Morgan fingerprint density at radius 1 is 1.30 bits per heavy atom. The maximum absolute atomic E-state index is 11.7. The summed E-state index contributed by atoms with van der Waals surface area (Å²) < 4.78 is 11.9. The molecule has 0 atom stereocenters. The van der Waals surface area contributed by atoms with Crippen molar-refractivity contribution in [3.05, 3.63) is 11.6 Å². The normalized spacial score (nSPS) is 15.4. The fourth-order valence-electron chi connectivity index (χ4n) is 2.91. The van der Waals surface area contributed by atoms with E-state index in [0.717, 1.165) is 56.5 Å². The van der Waals surface area contributed by atoms with Crippen LogP contribution in [0.25, 0.3) is 0 Å². The number of nitrogens with zero attached hydrogens (tertiary/aromatic N) is 5. The molecule has 0 aromatic carbocycles. The lowest BCUT2D eigenvalue weighted by molar-refractivity contribution is -0.146. The molecule has 9 nitrogen and oxygen atoms in total. The third-order valence-corrected chi connectivity index (χ3v) is 4.69. The molecule has 1 saturated heterocycles. The lowest BCUT2D eigenvalue weighted by Gasteiger charge is -2.33. The number of nitrogens with one attached hydrogen (secondary N) is 1. The largest absolute Gasteiger partial charge is 0.469 e. The molecule has 27 heavy (non-hydrogen) atoms. The molecule has 2 rings (SSSR count). The van der Waals surface area contributed by atoms with Gasteiger partial charge in [-0.05, 0) is 26.2 Å². The lowest BCUT2D eigenvalue weighted by Crippen LogP contribution is -2.47. The average molecular weight is 494 g/mol. The molecule has 0 radical (unpaired) electrons. The summed E-state index contributed by atoms with van der Waals surface area (Å²) >= 11 is 0. The van der Waals surface area contributed by atoms with Gasteiger partial charge in [0.15, 0.2) is 11.8 Å². The standard InChI is InChI=1S/C17H30N6O3.HI/c1-13-20-21-15(22(13)2)12-19-17(18-8-5-11-25-3)23-9-6-14(7-10-23)16(24)26-4;/h14H,5-12H2,1-4H3,(H,18,19);1H. The zero-order valence-corrected chi connectivity index (χ0v) is 18.9. The smallest absolute Gasteiger partial charge is 0.308 e. The van der Waals surface area contributed by atoms with E-state index in [1.54, 1.807) is 7.11 Å². The van der Waals surface area contributed by atoms with E-state index in [2.05, 4.69) is 20.4 Å². The van der Waals surface area contributed by atoms with E-state index in [9.17, 15) is 4.79 Å². The number of ether oxygens (including phenoxy) is 2. The summed E-state index contributed by atoms with van der Waals surface area (Å²) in [5.74, 6) is 2.38. The van der Waals surface area contributed by atoms with Gasteiger partial charge in [-0.1, -0.05) is 0 Å². The van der Waals surface area contributed by atoms with Crippen molar-refractivity contribution in [2.24, 2.45) is 18.0 Å². The highest BCUT2D eigenvalue weighted by Gasteiger charge is 2.27. The van der Waals surface area contributed by atoms with Crippen molar-refractivity contribution in [3.8, 4) is 0 Å². The second kappa shape index (κ2) is 12.1. The van der Waals surface area contributed by atoms with Crippen LogP contribution in [0.15, 0.2) is 4.99 Å². The average Bonchev–Trinajstić information content (AvgIpc) is 2.99. The molecule has 1 fully saturated rings. The second-order valence-electron chi connectivity index (χ2n) is 6.42. The van der Waals surface area contributed by atoms with Crippen molar-refractivity contribution < 1.29 is 14.3 Å². The lowest BCUT2D eigenvalue weighted by atomic mass is 9.97. The third-order valence-electron chi connectivity index (χ3n) is 4.69. The molecule has 0 saturated carbocycles. The maximum atomic E-state index is 11.7. The Kier molecular flexibility index (Phi) is 10.6. The van der Waals surface area contributed by atoms with Gasteiger partial charge < -0.3 is 24.3 Å². The van der Waals surface area contributed by atoms with Crippen LogP contribution in [0.4, 0.5) is 0 Å². The van der Waals surface area contributed by atoms with Crippen molar-refractivity contribution in [1.29, 1.82) is 0 Å². The highest BCUT2D eigenvalue weighted by Crippen LogP contribution is 2.18. The number of likely N-dealkylation sites (tertiary alicyclic amines) is 1. The molecular weight excluding hydrogens is 463 g/mol. The number of aromatic nitrogens is 3. The predicted molar refractivity (Wildman–Crippen MR) is 113 cm³/mol. The van der Waals surface area contributed by atoms with Crippen molar-refractivity contribution in [3.63, 3.8) is 0 Å². The van der Waals surface area contributed by atoms with Gasteiger partial charge in [-0.2, -0.15) is 0 Å². The second-order valence-corrected chi connectivity index (χ2v) is 6.42. The predicted octanol–water partition coefficient (Wildman–Crippen LogP) is 1.11. The highest BCUT2D eigenvalue weighted by atomic mass is 127. The van der Waals surface area contributed by atoms with Crippen LogP contribution in [0.1, 0.15) is 30.9 Å². The summed E-state index contributed by atoms with van der Waals surface area (Å²) in [4.78, 5) is 18.6. The van der Waals surface area contributed by atoms with Crippen LogP contribution in [0.2, 0.25) is 0 Å². The molecule has 1 aromatic heterocycles. The third kappa shape index (κ3) is 6.91. The van der Waals surface area contributed by atoms with Crippen LogP contribution >= 0.6 is 24.0 Å². The van der Waals surface area contributed by atoms with Gasteiger partial charge in [-0.15, -0.1) is 34.2 Å². The molecule has 10 heteroatoms. The molecule has 0 spiro atoms. The van der Waals surface area contributed by atoms with E-state index in [0.29, 0.717) is 13.2 Å². The van der Waals surface area contributed by atoms with Gasteiger partial charge in [0.05, 0.1) is 13.0 Å². The SMILES string of the molecule is COCCCNC(=NCc1nnc(C)n1C)N1CCC(C(=O)OC)CC1.I. The van der Waals surface area contributed by atoms with Gasteiger partial charge >= 0.3 is 5.97 Å². The van der Waals surface area contributed by atoms with Crippen LogP contribution in [-0.4, -0.2) is 72.1 Å². The zero-order chi connectivity index (χ0) is 18.9. The van der Waals surface area contributed by atoms with E-state index in [1.807, 2.05) is 18.5 Å². The number of rotatable bonds is 7. The Labute approximate surface area is 177 Å². The Morgan fingerprint density at radius 3 is 2.56 bits per heavy atom. The van der Waals surface area contributed by atoms with E-state index < -0.39 is 0 Å². The van der Waals surface area contributed by atoms with E-state index in [-0.39, 0.29) is 35.9 Å². The number of aryl methyl sites for hydroxylation is 1. The summed E-state index contributed by atoms with van der Waals surface area (Å²) in [6.07, 6.45) is 2.44. The van der Waals surface area contributed by atoms with Gasteiger partial charge in [0.1, 0.15) is 12.4 Å². The van der Waals surface area contributed by atoms with Gasteiger partial charge in [-0.25, -0.2) is 4.99 Å². The first-order valence-corrected chi connectivity index (χ1v) is 9.01. The van der Waals surface area contributed by atoms with Crippen LogP contribution in [0.5, 0.6) is 0 Å². The van der Waals surface area contributed by atoms with Crippen LogP contribution in [0.3, 0.4) is 0 Å². The van der Waals surface area contributed by atoms with Crippen molar-refractivity contribution in [2.75, 3.05) is 40.5 Å². The number of halogens is 1. The fourth-order valence-corrected chi connectivity index (χ4v) is 2.91. The number of hydrogen-bond donors (Lipinski definition) is 1. The minimum absolute atomic E-state index is 0. The molecule has 2 heterocycles. The fraction of sp³-hybridized carbons (Fsp3) is 0.765. The van der Waals surface area contributed by atoms with Gasteiger partial charge in [0, 0.05) is 40.4 Å². The number of carbonyl (C=O) groups excluding carboxylic acids is 1. The summed E-state index contributed by atoms with van der Waals surface area (Å²) in [7, 11) is 5.08. The Hall–Kier alpha value is -1.43. The number of aliphatic imine (C=N–C) groups is 1. The number of guanidine groups is 1. The van der Waals surface area contributed by atoms with Crippen molar-refractivity contribution in [2.45, 2.75) is 32.7 Å². The Bertz CT molecular complexity index is 614. The van der Waals surface area contributed by atoms with Gasteiger partial charge in [-0.3, -0.25) is 4.79 Å². The molecule has 0 bridgehead atoms. The molecule has 0 unspecified atom stereocenters. The van der Waals surface area contributed by atoms with Crippen LogP contribution in [-0.2, 0) is 27.9 Å². The summed E-state index contributed by atoms with van der Waals surface area (Å²) in [5.41, 5.74) is 0. The molecule has 0 aliphatic carbocycles. The molecule has 154 valence electrons. The van der Waals surface area contributed by atoms with Crippen LogP contribution < -0.4 is 5.32 Å². The van der Waals surface area contributed by atoms with Gasteiger partial charge in [0.2, 0.25) is 0 Å². The first-order chi connectivity index (χ1) is 12.6. The van der Waals surface area contributed by atoms with Crippen molar-refractivity contribution in [1.82, 2.24) is 25.0 Å². The molecule has 1 N–H and O–H groups in total. The summed E-state index contributed by atoms with van der Waals surface area (Å²) in [6.45, 7) is 5.40. The quantitative estimate of drug-likeness (QED) is 0.200. The van der Waals surface area contributed by atoms with E-state index in [1.165, 1.54) is 7.11 Å². The first-order valence-electron chi connectivity index (χ1n) is 9.01. The number of methoxy groups -OCH3 is 2. The minimum atomic E-state index is -0.120. The molecule has 0 amide bonds. The number of esters is 1. The summed E-state index contributed by atoms with van der Waals surface area (Å²) in [5, 5.41) is 11.6. The van der Waals surface area contributed by atoms with Crippen molar-refractivity contribution >= 4 is 35.9 Å². The monoisotopic (exact) mass is 494 g/mol. The summed E-state index contributed by atoms with van der Waals surface area (Å²) in [6, 6.07) is 0. The van der Waals surface area contributed by atoms with E-state index in [4.69, 9.17) is 14.5 Å². The molecule has 1 aliphatic heterocycles. The number of piperidine rings is 1. The Morgan fingerprint density at radius 2 is 2.00 bits per heavy atom. The first kappa shape index (κ1) is 23.6. The Balaban J connectivity index is 0.00000364. The molecule has 1 aromatic rings. The molecule has 1 aliphatic rings. The number of carbonyl (C=O) groups is 1. The minimum Gasteiger partial charge on any atom is -0.469 e.